The second-order valence-corrected chi connectivity index (χ2v) is 8.26. The molecule has 156 valence electrons. The number of phenols is 1. The summed E-state index contributed by atoms with van der Waals surface area (Å²) in [5.41, 5.74) is 4.19. The van der Waals surface area contributed by atoms with E-state index in [0.29, 0.717) is 22.7 Å². The third kappa shape index (κ3) is 4.30. The van der Waals surface area contributed by atoms with Gasteiger partial charge in [-0.2, -0.15) is 0 Å². The molecule has 4 rings (SSSR count). The van der Waals surface area contributed by atoms with Crippen LogP contribution in [0.1, 0.15) is 31.9 Å². The predicted octanol–water partition coefficient (Wildman–Crippen LogP) is 6.16. The van der Waals surface area contributed by atoms with Crippen LogP contribution in [0, 0.1) is 10.1 Å². The van der Waals surface area contributed by atoms with Gasteiger partial charge in [-0.3, -0.25) is 15.1 Å². The molecule has 0 spiro atoms. The number of oxazole rings is 1. The van der Waals surface area contributed by atoms with E-state index in [1.165, 1.54) is 30.0 Å². The SMILES string of the molecule is CC(C)(C)c1ccc(-c2nc3cc(N=Cc4cc([N+](=O)[O-])ccc4O)ccc3o2)cc1. The molecule has 0 fully saturated rings. The fourth-order valence-electron chi connectivity index (χ4n) is 3.14. The number of hydrogen-bond donors (Lipinski definition) is 1. The molecule has 0 aliphatic rings. The molecule has 1 heterocycles. The minimum atomic E-state index is -0.520. The molecule has 0 aliphatic heterocycles. The summed E-state index contributed by atoms with van der Waals surface area (Å²) in [6.07, 6.45) is 1.38. The number of benzene rings is 3. The van der Waals surface area contributed by atoms with Gasteiger partial charge in [-0.1, -0.05) is 32.9 Å². The van der Waals surface area contributed by atoms with Crippen LogP contribution in [-0.2, 0) is 5.41 Å². The second-order valence-electron chi connectivity index (χ2n) is 8.26. The molecule has 3 aromatic carbocycles. The van der Waals surface area contributed by atoms with Gasteiger partial charge in [0, 0.05) is 29.5 Å². The summed E-state index contributed by atoms with van der Waals surface area (Å²) in [6, 6.07) is 17.2. The molecule has 0 unspecified atom stereocenters. The number of rotatable bonds is 4. The van der Waals surface area contributed by atoms with Crippen molar-refractivity contribution in [3.8, 4) is 17.2 Å². The summed E-state index contributed by atoms with van der Waals surface area (Å²) >= 11 is 0. The number of aromatic hydroxyl groups is 1. The summed E-state index contributed by atoms with van der Waals surface area (Å²) in [5.74, 6) is 0.436. The van der Waals surface area contributed by atoms with E-state index in [1.54, 1.807) is 18.2 Å². The highest BCUT2D eigenvalue weighted by Crippen LogP contribution is 2.30. The third-order valence-corrected chi connectivity index (χ3v) is 4.94. The zero-order valence-corrected chi connectivity index (χ0v) is 17.4. The summed E-state index contributed by atoms with van der Waals surface area (Å²) in [4.78, 5) is 19.3. The van der Waals surface area contributed by atoms with Gasteiger partial charge in [-0.25, -0.2) is 4.98 Å². The van der Waals surface area contributed by atoms with Gasteiger partial charge < -0.3 is 9.52 Å². The van der Waals surface area contributed by atoms with Crippen LogP contribution in [0.25, 0.3) is 22.6 Å². The van der Waals surface area contributed by atoms with Crippen molar-refractivity contribution in [1.29, 1.82) is 0 Å². The van der Waals surface area contributed by atoms with Gasteiger partial charge in [0.25, 0.3) is 5.69 Å². The van der Waals surface area contributed by atoms with Crippen molar-refractivity contribution in [3.05, 3.63) is 81.9 Å². The maximum absolute atomic E-state index is 10.9. The average molecular weight is 415 g/mol. The first-order valence-corrected chi connectivity index (χ1v) is 9.74. The van der Waals surface area contributed by atoms with Crippen LogP contribution in [-0.4, -0.2) is 21.2 Å². The highest BCUT2D eigenvalue weighted by molar-refractivity contribution is 5.87. The van der Waals surface area contributed by atoms with Crippen LogP contribution in [0.15, 0.2) is 70.1 Å². The summed E-state index contributed by atoms with van der Waals surface area (Å²) in [5, 5.41) is 20.9. The Hall–Kier alpha value is -4.00. The minimum absolute atomic E-state index is 0.0698. The van der Waals surface area contributed by atoms with Crippen LogP contribution >= 0.6 is 0 Å². The van der Waals surface area contributed by atoms with E-state index in [9.17, 15) is 15.2 Å². The van der Waals surface area contributed by atoms with Gasteiger partial charge in [-0.15, -0.1) is 0 Å². The van der Waals surface area contributed by atoms with E-state index in [0.717, 1.165) is 5.56 Å². The number of nitrogens with zero attached hydrogens (tertiary/aromatic N) is 3. The van der Waals surface area contributed by atoms with Crippen molar-refractivity contribution in [2.24, 2.45) is 4.99 Å². The zero-order chi connectivity index (χ0) is 22.2. The van der Waals surface area contributed by atoms with Crippen molar-refractivity contribution in [2.75, 3.05) is 0 Å². The zero-order valence-electron chi connectivity index (χ0n) is 17.4. The third-order valence-electron chi connectivity index (χ3n) is 4.94. The Morgan fingerprint density at radius 2 is 1.81 bits per heavy atom. The molecule has 0 saturated heterocycles. The Labute approximate surface area is 178 Å². The van der Waals surface area contributed by atoms with E-state index in [2.05, 4.69) is 42.9 Å². The summed E-state index contributed by atoms with van der Waals surface area (Å²) in [7, 11) is 0. The molecular formula is C24H21N3O4. The lowest BCUT2D eigenvalue weighted by molar-refractivity contribution is -0.384. The molecule has 0 bridgehead atoms. The van der Waals surface area contributed by atoms with Gasteiger partial charge >= 0.3 is 0 Å². The number of non-ortho nitro benzene ring substituents is 1. The number of nitro groups is 1. The van der Waals surface area contributed by atoms with Gasteiger partial charge in [0.05, 0.1) is 10.6 Å². The maximum Gasteiger partial charge on any atom is 0.270 e. The van der Waals surface area contributed by atoms with E-state index < -0.39 is 4.92 Å². The number of nitro benzene ring substituents is 1. The summed E-state index contributed by atoms with van der Waals surface area (Å²) in [6.45, 7) is 6.49. The van der Waals surface area contributed by atoms with Crippen molar-refractivity contribution in [1.82, 2.24) is 4.98 Å². The molecule has 7 nitrogen and oxygen atoms in total. The van der Waals surface area contributed by atoms with Crippen LogP contribution < -0.4 is 0 Å². The lowest BCUT2D eigenvalue weighted by Gasteiger charge is -2.18. The Morgan fingerprint density at radius 1 is 1.06 bits per heavy atom. The first kappa shape index (κ1) is 20.3. The second kappa shape index (κ2) is 7.68. The Bertz CT molecular complexity index is 1300. The largest absolute Gasteiger partial charge is 0.507 e. The first-order chi connectivity index (χ1) is 14.7. The van der Waals surface area contributed by atoms with Crippen molar-refractivity contribution < 1.29 is 14.4 Å². The van der Waals surface area contributed by atoms with Crippen LogP contribution in [0.4, 0.5) is 11.4 Å². The number of aliphatic imine (C=N–C) groups is 1. The predicted molar refractivity (Wildman–Crippen MR) is 120 cm³/mol. The molecule has 0 aliphatic carbocycles. The average Bonchev–Trinajstić information content (AvgIpc) is 3.16. The van der Waals surface area contributed by atoms with Gasteiger partial charge in [0.15, 0.2) is 5.58 Å². The quantitative estimate of drug-likeness (QED) is 0.244. The number of aromatic nitrogens is 1. The molecule has 0 saturated carbocycles. The highest BCUT2D eigenvalue weighted by atomic mass is 16.6. The van der Waals surface area contributed by atoms with Crippen molar-refractivity contribution >= 4 is 28.7 Å². The van der Waals surface area contributed by atoms with Crippen LogP contribution in [0.3, 0.4) is 0 Å². The molecule has 0 radical (unpaired) electrons. The van der Waals surface area contributed by atoms with E-state index >= 15 is 0 Å². The Kier molecular flexibility index (Phi) is 5.02. The molecular weight excluding hydrogens is 394 g/mol. The van der Waals surface area contributed by atoms with Crippen LogP contribution in [0.2, 0.25) is 0 Å². The first-order valence-electron chi connectivity index (χ1n) is 9.74. The highest BCUT2D eigenvalue weighted by Gasteiger charge is 2.15. The number of hydrogen-bond acceptors (Lipinski definition) is 6. The van der Waals surface area contributed by atoms with E-state index in [4.69, 9.17) is 4.42 Å². The molecule has 4 aromatic rings. The fourth-order valence-corrected chi connectivity index (χ4v) is 3.14. The monoisotopic (exact) mass is 415 g/mol. The summed E-state index contributed by atoms with van der Waals surface area (Å²) < 4.78 is 5.88. The van der Waals surface area contributed by atoms with Crippen molar-refractivity contribution in [3.63, 3.8) is 0 Å². The minimum Gasteiger partial charge on any atom is -0.507 e. The van der Waals surface area contributed by atoms with Crippen LogP contribution in [0.5, 0.6) is 5.75 Å². The fraction of sp³-hybridized carbons (Fsp3) is 0.167. The normalized spacial score (nSPS) is 12.0. The maximum atomic E-state index is 10.9. The van der Waals surface area contributed by atoms with E-state index in [-0.39, 0.29) is 22.4 Å². The molecule has 0 amide bonds. The molecule has 31 heavy (non-hydrogen) atoms. The van der Waals surface area contributed by atoms with Gasteiger partial charge in [-0.05, 0) is 47.4 Å². The Morgan fingerprint density at radius 3 is 2.48 bits per heavy atom. The molecule has 0 atom stereocenters. The van der Waals surface area contributed by atoms with Crippen molar-refractivity contribution in [2.45, 2.75) is 26.2 Å². The van der Waals surface area contributed by atoms with Gasteiger partial charge in [0.2, 0.25) is 5.89 Å². The Balaban J connectivity index is 1.62. The molecule has 1 aromatic heterocycles. The molecule has 1 N–H and O–H groups in total. The number of fused-ring (bicyclic) bond motifs is 1. The standard InChI is InChI=1S/C24H21N3O4/c1-24(2,3)17-6-4-15(5-7-17)23-26-20-13-18(8-11-22(20)31-23)25-14-16-12-19(27(29)30)9-10-21(16)28/h4-14,28H,1-3H3. The topological polar surface area (TPSA) is 102 Å². The molecule has 7 heteroatoms. The number of phenolic OH excluding ortho intramolecular Hbond substituents is 1. The lowest BCUT2D eigenvalue weighted by atomic mass is 9.87. The van der Waals surface area contributed by atoms with Gasteiger partial charge in [0.1, 0.15) is 11.3 Å². The lowest BCUT2D eigenvalue weighted by Crippen LogP contribution is -2.10. The van der Waals surface area contributed by atoms with E-state index in [1.807, 2.05) is 12.1 Å². The smallest absolute Gasteiger partial charge is 0.270 e.